The largest absolute Gasteiger partial charge is 0.466 e. The smallest absolute Gasteiger partial charge is 0.349 e. The molecule has 1 fully saturated rings. The molecule has 1 rings (SSSR count). The normalized spacial score (nSPS) is 12.1. The van der Waals surface area contributed by atoms with Crippen molar-refractivity contribution < 1.29 is 28.6 Å². The number of carbonyl (C=O) groups is 3. The van der Waals surface area contributed by atoms with E-state index in [9.17, 15) is 14.4 Å². The molecule has 6 heteroatoms. The van der Waals surface area contributed by atoms with Gasteiger partial charge in [0, 0.05) is 6.42 Å². The highest BCUT2D eigenvalue weighted by molar-refractivity contribution is 5.84. The van der Waals surface area contributed by atoms with E-state index in [1.54, 1.807) is 13.8 Å². The van der Waals surface area contributed by atoms with Gasteiger partial charge in [-0.15, -0.1) is 0 Å². The molecule has 0 bridgehead atoms. The summed E-state index contributed by atoms with van der Waals surface area (Å²) in [6, 6.07) is 0. The van der Waals surface area contributed by atoms with E-state index < -0.39 is 17.0 Å². The van der Waals surface area contributed by atoms with Crippen LogP contribution in [0.2, 0.25) is 0 Å². The average molecular weight is 393 g/mol. The van der Waals surface area contributed by atoms with Crippen LogP contribution in [0.25, 0.3) is 0 Å². The SMILES string of the molecule is CC.CC.CC.CCC(C)(C)C(=O)OC(C)(C)C(=O)OC.O=C1CCCO1. The molecule has 0 aromatic rings. The fourth-order valence-corrected chi connectivity index (χ4v) is 1.28. The van der Waals surface area contributed by atoms with Crippen LogP contribution in [0.1, 0.15) is 95.4 Å². The van der Waals surface area contributed by atoms with Crippen LogP contribution in [0.3, 0.4) is 0 Å². The summed E-state index contributed by atoms with van der Waals surface area (Å²) >= 11 is 0. The van der Waals surface area contributed by atoms with E-state index in [1.807, 2.05) is 48.5 Å². The second-order valence-electron chi connectivity index (χ2n) is 5.95. The Morgan fingerprint density at radius 1 is 0.963 bits per heavy atom. The predicted molar refractivity (Wildman–Crippen MR) is 110 cm³/mol. The lowest BCUT2D eigenvalue weighted by molar-refractivity contribution is -0.182. The molecule has 0 aromatic carbocycles. The highest BCUT2D eigenvalue weighted by Crippen LogP contribution is 2.25. The fourth-order valence-electron chi connectivity index (χ4n) is 1.28. The fraction of sp³-hybridized carbons (Fsp3) is 0.857. The molecule has 0 spiro atoms. The van der Waals surface area contributed by atoms with Gasteiger partial charge in [-0.3, -0.25) is 9.59 Å². The van der Waals surface area contributed by atoms with Crippen LogP contribution in [0.15, 0.2) is 0 Å². The van der Waals surface area contributed by atoms with Crippen molar-refractivity contribution in [3.8, 4) is 0 Å². The molecule has 0 N–H and O–H groups in total. The molecule has 0 saturated carbocycles. The number of ether oxygens (including phenoxy) is 3. The molecule has 1 aliphatic rings. The van der Waals surface area contributed by atoms with E-state index >= 15 is 0 Å². The summed E-state index contributed by atoms with van der Waals surface area (Å²) in [5.41, 5.74) is -1.80. The molecule has 1 heterocycles. The van der Waals surface area contributed by atoms with Crippen LogP contribution in [0.5, 0.6) is 0 Å². The minimum Gasteiger partial charge on any atom is -0.466 e. The Bertz CT molecular complexity index is 378. The van der Waals surface area contributed by atoms with E-state index in [-0.39, 0.29) is 11.9 Å². The van der Waals surface area contributed by atoms with Crippen LogP contribution < -0.4 is 0 Å². The zero-order chi connectivity index (χ0) is 22.7. The van der Waals surface area contributed by atoms with Crippen molar-refractivity contribution >= 4 is 17.9 Å². The van der Waals surface area contributed by atoms with Gasteiger partial charge in [-0.1, -0.05) is 48.5 Å². The summed E-state index contributed by atoms with van der Waals surface area (Å²) in [7, 11) is 1.27. The third kappa shape index (κ3) is 16.3. The van der Waals surface area contributed by atoms with Crippen molar-refractivity contribution in [2.45, 2.75) is 101 Å². The van der Waals surface area contributed by atoms with Gasteiger partial charge >= 0.3 is 17.9 Å². The maximum Gasteiger partial charge on any atom is 0.349 e. The second kappa shape index (κ2) is 19.2. The summed E-state index contributed by atoms with van der Waals surface area (Å²) in [6.45, 7) is 21.1. The lowest BCUT2D eigenvalue weighted by Crippen LogP contribution is -2.41. The van der Waals surface area contributed by atoms with Crippen molar-refractivity contribution in [3.63, 3.8) is 0 Å². The minimum atomic E-state index is -1.22. The van der Waals surface area contributed by atoms with Gasteiger partial charge in [0.15, 0.2) is 0 Å². The van der Waals surface area contributed by atoms with Gasteiger partial charge in [0.05, 0.1) is 19.1 Å². The Morgan fingerprint density at radius 3 is 1.63 bits per heavy atom. The van der Waals surface area contributed by atoms with E-state index in [0.29, 0.717) is 19.4 Å². The number of rotatable bonds is 4. The third-order valence-electron chi connectivity index (χ3n) is 3.25. The molecular weight excluding hydrogens is 348 g/mol. The van der Waals surface area contributed by atoms with Gasteiger partial charge < -0.3 is 14.2 Å². The molecule has 1 saturated heterocycles. The van der Waals surface area contributed by atoms with Gasteiger partial charge in [0.1, 0.15) is 0 Å². The van der Waals surface area contributed by atoms with Gasteiger partial charge in [0.2, 0.25) is 5.60 Å². The number of hydrogen-bond donors (Lipinski definition) is 0. The lowest BCUT2D eigenvalue weighted by Gasteiger charge is -2.28. The quantitative estimate of drug-likeness (QED) is 0.476. The topological polar surface area (TPSA) is 78.9 Å². The number of methoxy groups -OCH3 is 1. The van der Waals surface area contributed by atoms with Gasteiger partial charge in [-0.2, -0.15) is 0 Å². The number of cyclic esters (lactones) is 1. The van der Waals surface area contributed by atoms with E-state index in [1.165, 1.54) is 21.0 Å². The molecule has 6 nitrogen and oxygen atoms in total. The Morgan fingerprint density at radius 2 is 1.41 bits per heavy atom. The Hall–Kier alpha value is -1.59. The van der Waals surface area contributed by atoms with Crippen molar-refractivity contribution in [2.24, 2.45) is 5.41 Å². The molecule has 0 aliphatic carbocycles. The van der Waals surface area contributed by atoms with Crippen molar-refractivity contribution in [1.29, 1.82) is 0 Å². The lowest BCUT2D eigenvalue weighted by atomic mass is 9.90. The molecule has 0 unspecified atom stereocenters. The number of carbonyl (C=O) groups excluding carboxylic acids is 3. The Balaban J connectivity index is -0.000000181. The van der Waals surface area contributed by atoms with Gasteiger partial charge in [-0.05, 0) is 40.5 Å². The van der Waals surface area contributed by atoms with Crippen LogP contribution >= 0.6 is 0 Å². The zero-order valence-electron chi connectivity index (χ0n) is 19.8. The van der Waals surface area contributed by atoms with Gasteiger partial charge in [-0.25, -0.2) is 4.79 Å². The van der Waals surface area contributed by atoms with Crippen LogP contribution in [0.4, 0.5) is 0 Å². The molecule has 164 valence electrons. The van der Waals surface area contributed by atoms with Crippen LogP contribution in [-0.2, 0) is 28.6 Å². The first kappa shape index (κ1) is 33.0. The minimum absolute atomic E-state index is 0.0463. The first-order valence-corrected chi connectivity index (χ1v) is 10.0. The summed E-state index contributed by atoms with van der Waals surface area (Å²) < 4.78 is 14.2. The zero-order valence-corrected chi connectivity index (χ0v) is 19.8. The molecule has 0 atom stereocenters. The maximum atomic E-state index is 11.7. The highest BCUT2D eigenvalue weighted by atomic mass is 16.6. The third-order valence-corrected chi connectivity index (χ3v) is 3.25. The summed E-state index contributed by atoms with van der Waals surface area (Å²) in [4.78, 5) is 33.0. The molecule has 0 radical (unpaired) electrons. The second-order valence-corrected chi connectivity index (χ2v) is 5.95. The first-order valence-electron chi connectivity index (χ1n) is 10.0. The average Bonchev–Trinajstić information content (AvgIpc) is 3.16. The van der Waals surface area contributed by atoms with E-state index in [4.69, 9.17) is 4.74 Å². The molecule has 27 heavy (non-hydrogen) atoms. The molecule has 0 amide bonds. The first-order chi connectivity index (χ1) is 12.6. The van der Waals surface area contributed by atoms with Gasteiger partial charge in [0.25, 0.3) is 0 Å². The molecule has 1 aliphatic heterocycles. The number of esters is 3. The van der Waals surface area contributed by atoms with Crippen LogP contribution in [0, 0.1) is 5.41 Å². The monoisotopic (exact) mass is 392 g/mol. The van der Waals surface area contributed by atoms with E-state index in [0.717, 1.165) is 6.42 Å². The maximum absolute atomic E-state index is 11.7. The van der Waals surface area contributed by atoms with Crippen molar-refractivity contribution in [2.75, 3.05) is 13.7 Å². The van der Waals surface area contributed by atoms with Crippen molar-refractivity contribution in [1.82, 2.24) is 0 Å². The summed E-state index contributed by atoms with van der Waals surface area (Å²) in [6.07, 6.45) is 2.20. The van der Waals surface area contributed by atoms with Crippen molar-refractivity contribution in [3.05, 3.63) is 0 Å². The number of hydrogen-bond acceptors (Lipinski definition) is 6. The van der Waals surface area contributed by atoms with E-state index in [2.05, 4.69) is 9.47 Å². The molecule has 0 aromatic heterocycles. The standard InChI is InChI=1S/C11H20O4.C4H6O2.3C2H6/c1-7-10(2,3)8(12)15-11(4,5)9(13)14-6;5-4-2-1-3-6-4;3*1-2/h7H2,1-6H3;1-3H2;3*1-2H3. The highest BCUT2D eigenvalue weighted by Gasteiger charge is 2.38. The Labute approximate surface area is 167 Å². The summed E-state index contributed by atoms with van der Waals surface area (Å²) in [5, 5.41) is 0. The summed E-state index contributed by atoms with van der Waals surface area (Å²) in [5.74, 6) is -0.988. The molecular formula is C21H44O6. The predicted octanol–water partition coefficient (Wildman–Crippen LogP) is 5.32. The Kier molecular flexibility index (Phi) is 23.5. The van der Waals surface area contributed by atoms with Crippen LogP contribution in [-0.4, -0.2) is 37.2 Å².